The first-order chi connectivity index (χ1) is 15.2. The molecule has 0 radical (unpaired) electrons. The second-order valence-corrected chi connectivity index (χ2v) is 8.57. The Bertz CT molecular complexity index is 981. The van der Waals surface area contributed by atoms with Crippen LogP contribution < -0.4 is 10.1 Å². The molecule has 1 saturated heterocycles. The van der Waals surface area contributed by atoms with Crippen LogP contribution in [-0.4, -0.2) is 42.8 Å². The number of hydrogen-bond acceptors (Lipinski definition) is 5. The zero-order chi connectivity index (χ0) is 21.5. The fourth-order valence-corrected chi connectivity index (χ4v) is 4.67. The van der Waals surface area contributed by atoms with E-state index in [4.69, 9.17) is 4.74 Å². The minimum absolute atomic E-state index is 0.0357. The summed E-state index contributed by atoms with van der Waals surface area (Å²) in [5.74, 6) is 0.380. The Morgan fingerprint density at radius 1 is 0.935 bits per heavy atom. The second kappa shape index (κ2) is 10.4. The molecule has 1 aliphatic heterocycles. The standard InChI is InChI=1S/C25H26N2O3S/c28-24(26-17-22(23-9-6-16-31-23)27-14-4-5-15-27)18-30-21-12-10-20(11-13-21)25(29)19-7-2-1-3-8-19/h1-3,6-13,16,22H,4-5,14-15,17-18H2,(H,26,28). The molecule has 2 heterocycles. The lowest BCUT2D eigenvalue weighted by Gasteiger charge is -2.26. The first-order valence-corrected chi connectivity index (χ1v) is 11.5. The van der Waals surface area contributed by atoms with Gasteiger partial charge in [0.25, 0.3) is 5.91 Å². The van der Waals surface area contributed by atoms with Gasteiger partial charge in [0, 0.05) is 22.5 Å². The highest BCUT2D eigenvalue weighted by atomic mass is 32.1. The van der Waals surface area contributed by atoms with Crippen LogP contribution in [0.15, 0.2) is 72.1 Å². The summed E-state index contributed by atoms with van der Waals surface area (Å²) in [6.07, 6.45) is 2.42. The molecule has 3 aromatic rings. The minimum atomic E-state index is -0.148. The highest BCUT2D eigenvalue weighted by Gasteiger charge is 2.24. The van der Waals surface area contributed by atoms with Crippen molar-refractivity contribution in [3.05, 3.63) is 88.1 Å². The molecule has 1 amide bonds. The summed E-state index contributed by atoms with van der Waals surface area (Å²) >= 11 is 1.73. The van der Waals surface area contributed by atoms with Crippen molar-refractivity contribution in [3.8, 4) is 5.75 Å². The number of rotatable bonds is 9. The van der Waals surface area contributed by atoms with E-state index in [2.05, 4.69) is 27.7 Å². The number of amides is 1. The molecule has 0 aliphatic carbocycles. The van der Waals surface area contributed by atoms with Crippen LogP contribution in [0.2, 0.25) is 0 Å². The van der Waals surface area contributed by atoms with Crippen molar-refractivity contribution in [1.82, 2.24) is 10.2 Å². The molecule has 1 aromatic heterocycles. The zero-order valence-corrected chi connectivity index (χ0v) is 18.1. The predicted molar refractivity (Wildman–Crippen MR) is 123 cm³/mol. The van der Waals surface area contributed by atoms with E-state index in [1.165, 1.54) is 17.7 Å². The van der Waals surface area contributed by atoms with E-state index in [0.29, 0.717) is 23.4 Å². The summed E-state index contributed by atoms with van der Waals surface area (Å²) in [6.45, 7) is 2.67. The van der Waals surface area contributed by atoms with Gasteiger partial charge in [-0.25, -0.2) is 0 Å². The van der Waals surface area contributed by atoms with Crippen LogP contribution in [0, 0.1) is 0 Å². The first kappa shape index (κ1) is 21.3. The number of ether oxygens (including phenoxy) is 1. The summed E-state index contributed by atoms with van der Waals surface area (Å²) in [7, 11) is 0. The highest BCUT2D eigenvalue weighted by Crippen LogP contribution is 2.27. The lowest BCUT2D eigenvalue weighted by Crippen LogP contribution is -2.38. The quantitative estimate of drug-likeness (QED) is 0.510. The smallest absolute Gasteiger partial charge is 0.258 e. The minimum Gasteiger partial charge on any atom is -0.484 e. The van der Waals surface area contributed by atoms with E-state index in [9.17, 15) is 9.59 Å². The van der Waals surface area contributed by atoms with Crippen molar-refractivity contribution in [2.45, 2.75) is 18.9 Å². The summed E-state index contributed by atoms with van der Waals surface area (Å²) < 4.78 is 5.62. The SMILES string of the molecule is O=C(COc1ccc(C(=O)c2ccccc2)cc1)NCC(c1cccs1)N1CCCC1. The maximum absolute atomic E-state index is 12.5. The Morgan fingerprint density at radius 2 is 1.65 bits per heavy atom. The molecule has 1 aliphatic rings. The average molecular weight is 435 g/mol. The zero-order valence-electron chi connectivity index (χ0n) is 17.3. The number of likely N-dealkylation sites (tertiary alicyclic amines) is 1. The molecule has 160 valence electrons. The largest absolute Gasteiger partial charge is 0.484 e. The summed E-state index contributed by atoms with van der Waals surface area (Å²) in [6, 6.07) is 20.5. The first-order valence-electron chi connectivity index (χ1n) is 10.6. The maximum atomic E-state index is 12.5. The normalized spacial score (nSPS) is 14.8. The van der Waals surface area contributed by atoms with Crippen LogP contribution >= 0.6 is 11.3 Å². The Hall–Kier alpha value is -2.96. The molecule has 6 heteroatoms. The third-order valence-electron chi connectivity index (χ3n) is 5.47. The summed E-state index contributed by atoms with van der Waals surface area (Å²) in [5.41, 5.74) is 1.24. The molecule has 4 rings (SSSR count). The van der Waals surface area contributed by atoms with Gasteiger partial charge in [0.15, 0.2) is 12.4 Å². The van der Waals surface area contributed by atoms with E-state index >= 15 is 0 Å². The van der Waals surface area contributed by atoms with Gasteiger partial charge >= 0.3 is 0 Å². The van der Waals surface area contributed by atoms with Crippen LogP contribution in [0.4, 0.5) is 0 Å². The van der Waals surface area contributed by atoms with Gasteiger partial charge in [-0.2, -0.15) is 0 Å². The number of carbonyl (C=O) groups is 2. The average Bonchev–Trinajstić information content (AvgIpc) is 3.54. The number of ketones is 1. The summed E-state index contributed by atoms with van der Waals surface area (Å²) in [4.78, 5) is 28.6. The Kier molecular flexibility index (Phi) is 7.12. The molecule has 1 atom stereocenters. The number of hydrogen-bond donors (Lipinski definition) is 1. The number of thiophene rings is 1. The third-order valence-corrected chi connectivity index (χ3v) is 6.44. The van der Waals surface area contributed by atoms with Gasteiger partial charge in [-0.3, -0.25) is 14.5 Å². The molecule has 31 heavy (non-hydrogen) atoms. The Labute approximate surface area is 186 Å². The van der Waals surface area contributed by atoms with E-state index in [1.807, 2.05) is 18.2 Å². The van der Waals surface area contributed by atoms with Gasteiger partial charge in [0.05, 0.1) is 6.04 Å². The highest BCUT2D eigenvalue weighted by molar-refractivity contribution is 7.10. The van der Waals surface area contributed by atoms with Crippen LogP contribution in [0.5, 0.6) is 5.75 Å². The van der Waals surface area contributed by atoms with Crippen molar-refractivity contribution in [2.75, 3.05) is 26.2 Å². The lowest BCUT2D eigenvalue weighted by molar-refractivity contribution is -0.123. The van der Waals surface area contributed by atoms with Crippen molar-refractivity contribution >= 4 is 23.0 Å². The van der Waals surface area contributed by atoms with Crippen molar-refractivity contribution in [1.29, 1.82) is 0 Å². The predicted octanol–water partition coefficient (Wildman–Crippen LogP) is 4.31. The molecule has 0 spiro atoms. The molecule has 1 N–H and O–H groups in total. The molecular formula is C25H26N2O3S. The number of benzene rings is 2. The summed E-state index contributed by atoms with van der Waals surface area (Å²) in [5, 5.41) is 5.10. The molecule has 0 saturated carbocycles. The van der Waals surface area contributed by atoms with Crippen LogP contribution in [0.3, 0.4) is 0 Å². The fourth-order valence-electron chi connectivity index (χ4n) is 3.81. The van der Waals surface area contributed by atoms with Gasteiger partial charge in [0.2, 0.25) is 0 Å². The van der Waals surface area contributed by atoms with Crippen molar-refractivity contribution in [3.63, 3.8) is 0 Å². The third kappa shape index (κ3) is 5.60. The van der Waals surface area contributed by atoms with E-state index in [0.717, 1.165) is 13.1 Å². The van der Waals surface area contributed by atoms with Crippen LogP contribution in [-0.2, 0) is 4.79 Å². The Balaban J connectivity index is 1.28. The number of carbonyl (C=O) groups excluding carboxylic acids is 2. The maximum Gasteiger partial charge on any atom is 0.258 e. The molecule has 2 aromatic carbocycles. The van der Waals surface area contributed by atoms with E-state index in [-0.39, 0.29) is 24.3 Å². The van der Waals surface area contributed by atoms with E-state index in [1.54, 1.807) is 47.7 Å². The topological polar surface area (TPSA) is 58.6 Å². The molecular weight excluding hydrogens is 408 g/mol. The lowest BCUT2D eigenvalue weighted by atomic mass is 10.0. The number of nitrogens with zero attached hydrogens (tertiary/aromatic N) is 1. The van der Waals surface area contributed by atoms with Gasteiger partial charge in [-0.1, -0.05) is 36.4 Å². The molecule has 5 nitrogen and oxygen atoms in total. The molecule has 0 bridgehead atoms. The number of nitrogens with one attached hydrogen (secondary N) is 1. The molecule has 1 fully saturated rings. The van der Waals surface area contributed by atoms with E-state index < -0.39 is 0 Å². The monoisotopic (exact) mass is 434 g/mol. The van der Waals surface area contributed by atoms with Gasteiger partial charge in [-0.15, -0.1) is 11.3 Å². The van der Waals surface area contributed by atoms with Crippen molar-refractivity contribution in [2.24, 2.45) is 0 Å². The van der Waals surface area contributed by atoms with Crippen LogP contribution in [0.1, 0.15) is 39.7 Å². The Morgan fingerprint density at radius 3 is 2.32 bits per heavy atom. The second-order valence-electron chi connectivity index (χ2n) is 7.59. The van der Waals surface area contributed by atoms with Crippen LogP contribution in [0.25, 0.3) is 0 Å². The van der Waals surface area contributed by atoms with Gasteiger partial charge < -0.3 is 10.1 Å². The van der Waals surface area contributed by atoms with Gasteiger partial charge in [-0.05, 0) is 61.6 Å². The van der Waals surface area contributed by atoms with Gasteiger partial charge in [0.1, 0.15) is 5.75 Å². The van der Waals surface area contributed by atoms with Crippen molar-refractivity contribution < 1.29 is 14.3 Å². The molecule has 1 unspecified atom stereocenters. The fraction of sp³-hybridized carbons (Fsp3) is 0.280.